The van der Waals surface area contributed by atoms with Crippen molar-refractivity contribution in [2.75, 3.05) is 18.4 Å². The summed E-state index contributed by atoms with van der Waals surface area (Å²) in [4.78, 5) is 25.0. The van der Waals surface area contributed by atoms with Crippen LogP contribution in [0.15, 0.2) is 42.5 Å². The number of nitrogens with zero attached hydrogens (tertiary/aromatic N) is 3. The first-order chi connectivity index (χ1) is 15.2. The Labute approximate surface area is 187 Å². The number of carbonyl (C=O) groups is 1. The molecule has 32 heavy (non-hydrogen) atoms. The minimum Gasteiger partial charge on any atom is -0.444 e. The van der Waals surface area contributed by atoms with Crippen LogP contribution in [-0.2, 0) is 11.3 Å². The largest absolute Gasteiger partial charge is 0.444 e. The highest BCUT2D eigenvalue weighted by atomic mass is 16.6. The molecular weight excluding hydrogens is 408 g/mol. The van der Waals surface area contributed by atoms with Crippen LogP contribution in [0, 0.1) is 21.4 Å². The molecule has 0 radical (unpaired) electrons. The number of benzene rings is 2. The van der Waals surface area contributed by atoms with Crippen LogP contribution in [0.5, 0.6) is 0 Å². The number of amides is 1. The molecule has 1 aliphatic rings. The van der Waals surface area contributed by atoms with Crippen molar-refractivity contribution in [2.24, 2.45) is 0 Å². The quantitative estimate of drug-likeness (QED) is 0.510. The summed E-state index contributed by atoms with van der Waals surface area (Å²) in [5.41, 5.74) is 1.80. The summed E-state index contributed by atoms with van der Waals surface area (Å²) in [6, 6.07) is 14.5. The molecule has 1 aliphatic heterocycles. The summed E-state index contributed by atoms with van der Waals surface area (Å²) in [7, 11) is 0. The predicted molar refractivity (Wildman–Crippen MR) is 121 cm³/mol. The van der Waals surface area contributed by atoms with E-state index in [2.05, 4.69) is 5.32 Å². The van der Waals surface area contributed by atoms with Crippen LogP contribution in [0.1, 0.15) is 56.2 Å². The minimum atomic E-state index is -0.516. The van der Waals surface area contributed by atoms with Gasteiger partial charge in [0.05, 0.1) is 10.5 Å². The number of anilines is 1. The van der Waals surface area contributed by atoms with E-state index in [1.54, 1.807) is 17.0 Å². The molecule has 0 aromatic heterocycles. The third-order valence-electron chi connectivity index (χ3n) is 5.36. The van der Waals surface area contributed by atoms with Crippen molar-refractivity contribution < 1.29 is 14.5 Å². The lowest BCUT2D eigenvalue weighted by molar-refractivity contribution is -0.385. The Morgan fingerprint density at radius 3 is 2.62 bits per heavy atom. The molecule has 2 aromatic rings. The van der Waals surface area contributed by atoms with E-state index in [9.17, 15) is 14.9 Å². The number of nitro benzene ring substituents is 1. The first-order valence-electron chi connectivity index (χ1n) is 10.7. The zero-order valence-corrected chi connectivity index (χ0v) is 18.6. The van der Waals surface area contributed by atoms with Gasteiger partial charge in [-0.25, -0.2) is 4.79 Å². The highest BCUT2D eigenvalue weighted by Gasteiger charge is 2.28. The van der Waals surface area contributed by atoms with E-state index >= 15 is 0 Å². The summed E-state index contributed by atoms with van der Waals surface area (Å²) in [6.45, 7) is 7.15. The molecule has 1 N–H and O–H groups in total. The molecule has 3 rings (SSSR count). The molecule has 1 saturated heterocycles. The van der Waals surface area contributed by atoms with Gasteiger partial charge in [-0.2, -0.15) is 5.26 Å². The zero-order chi connectivity index (χ0) is 23.3. The molecule has 168 valence electrons. The Morgan fingerprint density at radius 1 is 1.28 bits per heavy atom. The number of rotatable bonds is 5. The molecule has 1 amide bonds. The van der Waals surface area contributed by atoms with Crippen molar-refractivity contribution in [1.29, 1.82) is 5.26 Å². The summed E-state index contributed by atoms with van der Waals surface area (Å²) >= 11 is 0. The van der Waals surface area contributed by atoms with Gasteiger partial charge < -0.3 is 15.0 Å². The monoisotopic (exact) mass is 436 g/mol. The molecule has 0 aliphatic carbocycles. The molecule has 2 aromatic carbocycles. The number of carbonyl (C=O) groups excluding carboxylic acids is 1. The molecule has 1 heterocycles. The maximum atomic E-state index is 12.4. The fourth-order valence-electron chi connectivity index (χ4n) is 3.85. The van der Waals surface area contributed by atoms with Crippen molar-refractivity contribution in [3.05, 3.63) is 69.3 Å². The molecule has 1 fully saturated rings. The van der Waals surface area contributed by atoms with E-state index in [1.807, 2.05) is 51.1 Å². The van der Waals surface area contributed by atoms with Gasteiger partial charge in [0.15, 0.2) is 0 Å². The van der Waals surface area contributed by atoms with Crippen molar-refractivity contribution in [3.8, 4) is 6.07 Å². The number of likely N-dealkylation sites (tertiary alicyclic amines) is 1. The highest BCUT2D eigenvalue weighted by molar-refractivity contribution is 5.68. The summed E-state index contributed by atoms with van der Waals surface area (Å²) < 4.78 is 5.51. The number of nitriles is 1. The average molecular weight is 437 g/mol. The van der Waals surface area contributed by atoms with Crippen molar-refractivity contribution in [1.82, 2.24) is 4.90 Å². The van der Waals surface area contributed by atoms with Crippen molar-refractivity contribution in [2.45, 2.75) is 51.7 Å². The fourth-order valence-corrected chi connectivity index (χ4v) is 3.85. The second-order valence-electron chi connectivity index (χ2n) is 8.92. The number of para-hydroxylation sites is 1. The van der Waals surface area contributed by atoms with Crippen LogP contribution in [0.25, 0.3) is 0 Å². The summed E-state index contributed by atoms with van der Waals surface area (Å²) in [5, 5.41) is 23.7. The van der Waals surface area contributed by atoms with Gasteiger partial charge in [-0.15, -0.1) is 0 Å². The molecule has 1 unspecified atom stereocenters. The number of piperidine rings is 1. The maximum Gasteiger partial charge on any atom is 0.410 e. The second-order valence-corrected chi connectivity index (χ2v) is 8.92. The van der Waals surface area contributed by atoms with Crippen LogP contribution in [0.4, 0.5) is 16.2 Å². The predicted octanol–water partition coefficient (Wildman–Crippen LogP) is 5.19. The Bertz CT molecular complexity index is 1020. The smallest absolute Gasteiger partial charge is 0.410 e. The molecule has 1 atom stereocenters. The lowest BCUT2D eigenvalue weighted by atomic mass is 9.90. The van der Waals surface area contributed by atoms with E-state index in [-0.39, 0.29) is 29.8 Å². The first kappa shape index (κ1) is 23.1. The lowest BCUT2D eigenvalue weighted by Gasteiger charge is -2.34. The Balaban J connectivity index is 1.64. The van der Waals surface area contributed by atoms with Gasteiger partial charge in [0.25, 0.3) is 5.69 Å². The Kier molecular flexibility index (Phi) is 6.98. The van der Waals surface area contributed by atoms with Gasteiger partial charge in [-0.1, -0.05) is 24.3 Å². The van der Waals surface area contributed by atoms with E-state index in [0.29, 0.717) is 18.7 Å². The van der Waals surface area contributed by atoms with Crippen molar-refractivity contribution >= 4 is 17.5 Å². The van der Waals surface area contributed by atoms with Crippen LogP contribution < -0.4 is 5.32 Å². The van der Waals surface area contributed by atoms with Gasteiger partial charge in [-0.3, -0.25) is 10.1 Å². The number of ether oxygens (including phenoxy) is 1. The maximum absolute atomic E-state index is 12.4. The minimum absolute atomic E-state index is 0.0523. The van der Waals surface area contributed by atoms with Gasteiger partial charge >= 0.3 is 6.09 Å². The van der Waals surface area contributed by atoms with E-state index in [4.69, 9.17) is 10.00 Å². The first-order valence-corrected chi connectivity index (χ1v) is 10.7. The lowest BCUT2D eigenvalue weighted by Crippen LogP contribution is -2.42. The molecule has 0 bridgehead atoms. The topological polar surface area (TPSA) is 108 Å². The Hall–Kier alpha value is -3.60. The third kappa shape index (κ3) is 5.76. The molecular formula is C24H28N4O4. The van der Waals surface area contributed by atoms with Crippen molar-refractivity contribution in [3.63, 3.8) is 0 Å². The van der Waals surface area contributed by atoms with Gasteiger partial charge in [0, 0.05) is 31.2 Å². The molecule has 8 nitrogen and oxygen atoms in total. The van der Waals surface area contributed by atoms with E-state index in [1.165, 1.54) is 6.07 Å². The highest BCUT2D eigenvalue weighted by Crippen LogP contribution is 2.29. The SMILES string of the molecule is CC(C)(C)OC(=O)N1CCCC(c2ccc(NCc3cccc(C#N)c3[N+](=O)[O-])cc2)C1. The third-order valence-corrected chi connectivity index (χ3v) is 5.36. The van der Waals surface area contributed by atoms with Crippen LogP contribution >= 0.6 is 0 Å². The number of hydrogen-bond acceptors (Lipinski definition) is 6. The van der Waals surface area contributed by atoms with Gasteiger partial charge in [0.2, 0.25) is 0 Å². The number of hydrogen-bond donors (Lipinski definition) is 1. The Morgan fingerprint density at radius 2 is 2.00 bits per heavy atom. The summed E-state index contributed by atoms with van der Waals surface area (Å²) in [6.07, 6.45) is 1.64. The van der Waals surface area contributed by atoms with Crippen LogP contribution in [0.2, 0.25) is 0 Å². The van der Waals surface area contributed by atoms with Crippen LogP contribution in [-0.4, -0.2) is 34.6 Å². The van der Waals surface area contributed by atoms with E-state index in [0.717, 1.165) is 24.1 Å². The van der Waals surface area contributed by atoms with E-state index < -0.39 is 10.5 Å². The zero-order valence-electron chi connectivity index (χ0n) is 18.6. The molecule has 0 spiro atoms. The second kappa shape index (κ2) is 9.69. The standard InChI is InChI=1S/C24H28N4O4/c1-24(2,3)32-23(29)27-13-5-8-20(16-27)17-9-11-21(12-10-17)26-15-19-7-4-6-18(14-25)22(19)28(30)31/h4,6-7,9-12,20,26H,5,8,13,15-16H2,1-3H3. The van der Waals surface area contributed by atoms with Gasteiger partial charge in [0.1, 0.15) is 17.2 Å². The number of nitro groups is 1. The normalized spacial score (nSPS) is 16.2. The summed E-state index contributed by atoms with van der Waals surface area (Å²) in [5.74, 6) is 0.235. The van der Waals surface area contributed by atoms with Crippen LogP contribution in [0.3, 0.4) is 0 Å². The molecule has 0 saturated carbocycles. The molecule has 8 heteroatoms. The number of nitrogens with one attached hydrogen (secondary N) is 1. The fraction of sp³-hybridized carbons (Fsp3) is 0.417. The van der Waals surface area contributed by atoms with Gasteiger partial charge in [-0.05, 0) is 57.4 Å². The average Bonchev–Trinajstić information content (AvgIpc) is 2.76.